The number of ether oxygens (including phenoxy) is 3. The molecule has 0 aromatic carbocycles. The van der Waals surface area contributed by atoms with Gasteiger partial charge < -0.3 is 14.2 Å². The van der Waals surface area contributed by atoms with Gasteiger partial charge in [-0.1, -0.05) is 296 Å². The molecule has 6 nitrogen and oxygen atoms in total. The summed E-state index contributed by atoms with van der Waals surface area (Å²) in [6.07, 6.45) is 65.3. The van der Waals surface area contributed by atoms with Crippen LogP contribution in [0.15, 0.2) is 12.2 Å². The van der Waals surface area contributed by atoms with Crippen molar-refractivity contribution in [1.29, 1.82) is 0 Å². The lowest BCUT2D eigenvalue weighted by molar-refractivity contribution is -0.167. The zero-order valence-corrected chi connectivity index (χ0v) is 45.5. The molecule has 0 aliphatic heterocycles. The maximum absolute atomic E-state index is 12.8. The highest BCUT2D eigenvalue weighted by Gasteiger charge is 2.19. The zero-order chi connectivity index (χ0) is 48.6. The van der Waals surface area contributed by atoms with E-state index < -0.39 is 6.10 Å². The van der Waals surface area contributed by atoms with Crippen molar-refractivity contribution in [2.24, 2.45) is 0 Å². The molecule has 0 spiro atoms. The van der Waals surface area contributed by atoms with E-state index in [2.05, 4.69) is 32.9 Å². The minimum Gasteiger partial charge on any atom is -0.462 e. The van der Waals surface area contributed by atoms with Gasteiger partial charge in [-0.15, -0.1) is 0 Å². The zero-order valence-electron chi connectivity index (χ0n) is 45.5. The molecule has 0 aromatic heterocycles. The van der Waals surface area contributed by atoms with Gasteiger partial charge in [0, 0.05) is 19.3 Å². The molecule has 0 aromatic rings. The van der Waals surface area contributed by atoms with Gasteiger partial charge in [-0.3, -0.25) is 14.4 Å². The summed E-state index contributed by atoms with van der Waals surface area (Å²) in [5.41, 5.74) is 0. The van der Waals surface area contributed by atoms with Crippen molar-refractivity contribution in [2.75, 3.05) is 13.2 Å². The van der Waals surface area contributed by atoms with Crippen LogP contribution in [0.4, 0.5) is 0 Å². The summed E-state index contributed by atoms with van der Waals surface area (Å²) < 4.78 is 16.8. The monoisotopic (exact) mass is 945 g/mol. The molecule has 0 radical (unpaired) electrons. The predicted octanol–water partition coefficient (Wildman–Crippen LogP) is 20.1. The first-order chi connectivity index (χ1) is 33.0. The van der Waals surface area contributed by atoms with Crippen LogP contribution in [0.25, 0.3) is 0 Å². The molecular formula is C61H116O6. The van der Waals surface area contributed by atoms with E-state index in [0.29, 0.717) is 19.3 Å². The Bertz CT molecular complexity index is 1040. The van der Waals surface area contributed by atoms with Crippen molar-refractivity contribution in [3.05, 3.63) is 12.2 Å². The summed E-state index contributed by atoms with van der Waals surface area (Å²) in [6.45, 7) is 6.63. The minimum absolute atomic E-state index is 0.0680. The lowest BCUT2D eigenvalue weighted by Gasteiger charge is -2.18. The van der Waals surface area contributed by atoms with Crippen LogP contribution in [0.3, 0.4) is 0 Å². The summed E-state index contributed by atoms with van der Waals surface area (Å²) in [5.74, 6) is -0.859. The van der Waals surface area contributed by atoms with Crippen LogP contribution in [0.1, 0.15) is 342 Å². The third-order valence-corrected chi connectivity index (χ3v) is 13.8. The van der Waals surface area contributed by atoms with Gasteiger partial charge in [0.2, 0.25) is 0 Å². The fraction of sp³-hybridized carbons (Fsp3) is 0.918. The number of allylic oxidation sites excluding steroid dienone is 2. The van der Waals surface area contributed by atoms with Gasteiger partial charge in [0.25, 0.3) is 0 Å². The van der Waals surface area contributed by atoms with Crippen LogP contribution in [0.5, 0.6) is 0 Å². The summed E-state index contributed by atoms with van der Waals surface area (Å²) in [7, 11) is 0. The molecule has 67 heavy (non-hydrogen) atoms. The molecule has 0 heterocycles. The Morgan fingerprint density at radius 1 is 0.284 bits per heavy atom. The third kappa shape index (κ3) is 55.0. The maximum atomic E-state index is 12.8. The Hall–Kier alpha value is -1.85. The highest BCUT2D eigenvalue weighted by Crippen LogP contribution is 2.18. The number of esters is 3. The number of unbranched alkanes of at least 4 members (excludes halogenated alkanes) is 43. The second-order valence-electron chi connectivity index (χ2n) is 20.6. The highest BCUT2D eigenvalue weighted by molar-refractivity contribution is 5.71. The first-order valence-corrected chi connectivity index (χ1v) is 30.2. The highest BCUT2D eigenvalue weighted by atomic mass is 16.6. The van der Waals surface area contributed by atoms with Crippen molar-refractivity contribution >= 4 is 17.9 Å². The molecule has 0 aliphatic carbocycles. The Labute approximate surface area is 418 Å². The summed E-state index contributed by atoms with van der Waals surface area (Å²) in [4.78, 5) is 38.0. The average Bonchev–Trinajstić information content (AvgIpc) is 3.33. The first-order valence-electron chi connectivity index (χ1n) is 30.2. The fourth-order valence-corrected chi connectivity index (χ4v) is 9.19. The molecule has 0 saturated heterocycles. The topological polar surface area (TPSA) is 78.9 Å². The Balaban J connectivity index is 4.02. The molecular weight excluding hydrogens is 829 g/mol. The van der Waals surface area contributed by atoms with Crippen molar-refractivity contribution in [1.82, 2.24) is 0 Å². The van der Waals surface area contributed by atoms with E-state index >= 15 is 0 Å². The molecule has 0 bridgehead atoms. The number of rotatable bonds is 56. The molecule has 0 fully saturated rings. The normalized spacial score (nSPS) is 12.0. The van der Waals surface area contributed by atoms with Gasteiger partial charge in [-0.2, -0.15) is 0 Å². The maximum Gasteiger partial charge on any atom is 0.306 e. The Morgan fingerprint density at radius 3 is 0.791 bits per heavy atom. The Kier molecular flexibility index (Phi) is 55.2. The second kappa shape index (κ2) is 56.7. The van der Waals surface area contributed by atoms with Crippen molar-refractivity contribution < 1.29 is 28.6 Å². The van der Waals surface area contributed by atoms with E-state index in [9.17, 15) is 14.4 Å². The van der Waals surface area contributed by atoms with Crippen LogP contribution in [-0.4, -0.2) is 37.2 Å². The number of hydrogen-bond acceptors (Lipinski definition) is 6. The van der Waals surface area contributed by atoms with Crippen molar-refractivity contribution in [2.45, 2.75) is 348 Å². The van der Waals surface area contributed by atoms with Crippen molar-refractivity contribution in [3.63, 3.8) is 0 Å². The SMILES string of the molecule is CCCC/C=C\CCCCCCCC(=O)OC(COC(=O)CCCCCCCCCCCC)COC(=O)CCCCCCCCCCCCCCCCCCCCCCCCCCCCCC. The van der Waals surface area contributed by atoms with E-state index in [0.717, 1.165) is 64.2 Å². The quantitative estimate of drug-likeness (QED) is 0.0262. The Morgan fingerprint density at radius 2 is 0.507 bits per heavy atom. The van der Waals surface area contributed by atoms with Crippen LogP contribution in [-0.2, 0) is 28.6 Å². The lowest BCUT2D eigenvalue weighted by atomic mass is 10.0. The van der Waals surface area contributed by atoms with E-state index in [4.69, 9.17) is 14.2 Å². The first kappa shape index (κ1) is 65.1. The van der Waals surface area contributed by atoms with E-state index in [-0.39, 0.29) is 31.1 Å². The molecule has 0 N–H and O–H groups in total. The van der Waals surface area contributed by atoms with Crippen LogP contribution >= 0.6 is 0 Å². The summed E-state index contributed by atoms with van der Waals surface area (Å²) in [6, 6.07) is 0. The van der Waals surface area contributed by atoms with E-state index in [1.165, 1.54) is 238 Å². The molecule has 1 unspecified atom stereocenters. The summed E-state index contributed by atoms with van der Waals surface area (Å²) in [5, 5.41) is 0. The largest absolute Gasteiger partial charge is 0.462 e. The molecule has 6 heteroatoms. The lowest BCUT2D eigenvalue weighted by Crippen LogP contribution is -2.30. The molecule has 0 rings (SSSR count). The summed E-state index contributed by atoms with van der Waals surface area (Å²) >= 11 is 0. The molecule has 0 amide bonds. The second-order valence-corrected chi connectivity index (χ2v) is 20.6. The fourth-order valence-electron chi connectivity index (χ4n) is 9.19. The van der Waals surface area contributed by atoms with Gasteiger partial charge in [0.05, 0.1) is 0 Å². The van der Waals surface area contributed by atoms with Gasteiger partial charge in [0.15, 0.2) is 6.10 Å². The van der Waals surface area contributed by atoms with Crippen LogP contribution in [0.2, 0.25) is 0 Å². The van der Waals surface area contributed by atoms with Crippen LogP contribution in [0, 0.1) is 0 Å². The van der Waals surface area contributed by atoms with Gasteiger partial charge in [-0.05, 0) is 38.5 Å². The standard InChI is InChI=1S/C61H116O6/c1-4-7-10-13-16-19-22-23-24-25-26-27-28-29-30-31-32-33-34-35-36-37-38-40-42-45-48-51-54-60(63)66-57-58(56-65-59(62)53-50-47-44-41-21-18-15-12-9-6-3)67-61(64)55-52-49-46-43-39-20-17-14-11-8-5-2/h14,17,58H,4-13,15-16,18-57H2,1-3H3/b17-14-. The number of carbonyl (C=O) groups is 3. The van der Waals surface area contributed by atoms with Crippen LogP contribution < -0.4 is 0 Å². The molecule has 0 saturated carbocycles. The molecule has 1 atom stereocenters. The van der Waals surface area contributed by atoms with Gasteiger partial charge >= 0.3 is 17.9 Å². The predicted molar refractivity (Wildman–Crippen MR) is 289 cm³/mol. The average molecular weight is 946 g/mol. The number of carbonyl (C=O) groups excluding carboxylic acids is 3. The molecule has 396 valence electrons. The van der Waals surface area contributed by atoms with Gasteiger partial charge in [-0.25, -0.2) is 0 Å². The smallest absolute Gasteiger partial charge is 0.306 e. The van der Waals surface area contributed by atoms with Crippen molar-refractivity contribution in [3.8, 4) is 0 Å². The van der Waals surface area contributed by atoms with E-state index in [1.54, 1.807) is 0 Å². The van der Waals surface area contributed by atoms with E-state index in [1.807, 2.05) is 0 Å². The molecule has 0 aliphatic rings. The number of hydrogen-bond donors (Lipinski definition) is 0. The minimum atomic E-state index is -0.767. The third-order valence-electron chi connectivity index (χ3n) is 13.8. The van der Waals surface area contributed by atoms with Gasteiger partial charge in [0.1, 0.15) is 13.2 Å².